The minimum absolute atomic E-state index is 0.217. The van der Waals surface area contributed by atoms with E-state index in [0.717, 1.165) is 0 Å². The quantitative estimate of drug-likeness (QED) is 0.476. The first-order valence-electron chi connectivity index (χ1n) is 11.4. The molecule has 5 rings (SSSR count). The third-order valence-electron chi connectivity index (χ3n) is 5.96. The van der Waals surface area contributed by atoms with Crippen molar-refractivity contribution in [3.05, 3.63) is 57.9 Å². The summed E-state index contributed by atoms with van der Waals surface area (Å²) < 4.78 is 13.7. The van der Waals surface area contributed by atoms with Crippen LogP contribution in [0, 0.1) is 0 Å². The summed E-state index contributed by atoms with van der Waals surface area (Å²) in [6.07, 6.45) is 0. The Bertz CT molecular complexity index is 1300. The highest BCUT2D eigenvalue weighted by atomic mass is 16.5. The smallest absolute Gasteiger partial charge is 0.338 e. The van der Waals surface area contributed by atoms with E-state index in [1.54, 1.807) is 27.7 Å². The Morgan fingerprint density at radius 3 is 1.69 bits per heavy atom. The predicted octanol–water partition coefficient (Wildman–Crippen LogP) is 1.36. The van der Waals surface area contributed by atoms with Gasteiger partial charge in [0.2, 0.25) is 11.9 Å². The van der Waals surface area contributed by atoms with Gasteiger partial charge in [0, 0.05) is 11.4 Å². The van der Waals surface area contributed by atoms with Gasteiger partial charge < -0.3 is 20.1 Å². The number of aromatic nitrogens is 8. The van der Waals surface area contributed by atoms with Crippen molar-refractivity contribution in [2.24, 2.45) is 0 Å². The summed E-state index contributed by atoms with van der Waals surface area (Å²) in [6.45, 7) is 7.46. The fourth-order valence-corrected chi connectivity index (χ4v) is 4.49. The summed E-state index contributed by atoms with van der Waals surface area (Å²) in [5.41, 5.74) is 3.33. The lowest BCUT2D eigenvalue weighted by atomic mass is 9.90. The van der Waals surface area contributed by atoms with Gasteiger partial charge in [0.15, 0.2) is 0 Å². The number of benzene rings is 1. The molecule has 36 heavy (non-hydrogen) atoms. The number of ether oxygens (including phenoxy) is 2. The van der Waals surface area contributed by atoms with Crippen LogP contribution in [0.25, 0.3) is 0 Å². The first-order valence-corrected chi connectivity index (χ1v) is 11.4. The van der Waals surface area contributed by atoms with Crippen molar-refractivity contribution in [2.45, 2.75) is 39.8 Å². The van der Waals surface area contributed by atoms with Gasteiger partial charge in [-0.3, -0.25) is 0 Å². The van der Waals surface area contributed by atoms with Gasteiger partial charge in [0.1, 0.15) is 12.1 Å². The number of carbonyl (C=O) groups excluding carboxylic acids is 2. The molecule has 1 aromatic carbocycles. The van der Waals surface area contributed by atoms with Crippen molar-refractivity contribution in [1.82, 2.24) is 40.4 Å². The molecule has 0 radical (unpaired) electrons. The van der Waals surface area contributed by atoms with Crippen LogP contribution in [-0.2, 0) is 19.1 Å². The summed E-state index contributed by atoms with van der Waals surface area (Å²) in [6, 6.07) is 6.10. The zero-order chi connectivity index (χ0) is 25.4. The number of fused-ring (bicyclic) bond motifs is 2. The van der Waals surface area contributed by atoms with Gasteiger partial charge in [-0.25, -0.2) is 9.59 Å². The third kappa shape index (κ3) is 3.76. The summed E-state index contributed by atoms with van der Waals surface area (Å²) in [5, 5.41) is 29.9. The fourth-order valence-electron chi connectivity index (χ4n) is 4.49. The van der Waals surface area contributed by atoms with E-state index in [9.17, 15) is 9.59 Å². The molecule has 3 aromatic rings. The molecule has 14 heteroatoms. The standard InChI is InChI=1S/C22H24N10O4/c1-5-35-19(33)15-11(3)23-21-25-27-29-31(21)17(15)13-8-7-9-14(10-13)18-16(20(34)36-6-2)12(4)24-22-26-28-30-32(18)22/h7-10,17-18H,5-6H2,1-4H3,(H,23,25,29)(H,24,26,30). The van der Waals surface area contributed by atoms with Crippen LogP contribution < -0.4 is 10.6 Å². The van der Waals surface area contributed by atoms with Crippen LogP contribution >= 0.6 is 0 Å². The Morgan fingerprint density at radius 2 is 1.28 bits per heavy atom. The lowest BCUT2D eigenvalue weighted by Gasteiger charge is -2.29. The highest BCUT2D eigenvalue weighted by Crippen LogP contribution is 2.39. The minimum Gasteiger partial charge on any atom is -0.463 e. The molecular formula is C22H24N10O4. The van der Waals surface area contributed by atoms with E-state index in [1.165, 1.54) is 9.36 Å². The van der Waals surface area contributed by atoms with Crippen molar-refractivity contribution in [3.8, 4) is 0 Å². The van der Waals surface area contributed by atoms with E-state index in [-0.39, 0.29) is 13.2 Å². The monoisotopic (exact) mass is 492 g/mol. The van der Waals surface area contributed by atoms with Gasteiger partial charge in [-0.15, -0.1) is 0 Å². The average molecular weight is 493 g/mol. The summed E-state index contributed by atoms with van der Waals surface area (Å²) in [4.78, 5) is 26.0. The summed E-state index contributed by atoms with van der Waals surface area (Å²) >= 11 is 0. The van der Waals surface area contributed by atoms with Gasteiger partial charge in [-0.2, -0.15) is 9.36 Å². The van der Waals surface area contributed by atoms with E-state index in [2.05, 4.69) is 41.7 Å². The van der Waals surface area contributed by atoms with Gasteiger partial charge in [0.25, 0.3) is 0 Å². The normalized spacial score (nSPS) is 18.7. The molecule has 0 fully saturated rings. The average Bonchev–Trinajstić information content (AvgIpc) is 3.51. The van der Waals surface area contributed by atoms with E-state index in [0.29, 0.717) is 45.6 Å². The number of rotatable bonds is 6. The molecule has 2 N–H and O–H groups in total. The van der Waals surface area contributed by atoms with Crippen LogP contribution in [0.3, 0.4) is 0 Å². The molecule has 2 aliphatic heterocycles. The number of nitrogens with zero attached hydrogens (tertiary/aromatic N) is 8. The Morgan fingerprint density at radius 1 is 0.833 bits per heavy atom. The zero-order valence-electron chi connectivity index (χ0n) is 20.1. The second-order valence-electron chi connectivity index (χ2n) is 8.14. The molecule has 2 aliphatic rings. The van der Waals surface area contributed by atoms with Crippen molar-refractivity contribution in [1.29, 1.82) is 0 Å². The lowest BCUT2D eigenvalue weighted by molar-refractivity contribution is -0.140. The molecule has 0 saturated carbocycles. The topological polar surface area (TPSA) is 164 Å². The van der Waals surface area contributed by atoms with Crippen molar-refractivity contribution in [2.75, 3.05) is 23.8 Å². The van der Waals surface area contributed by atoms with E-state index < -0.39 is 24.0 Å². The van der Waals surface area contributed by atoms with E-state index in [4.69, 9.17) is 9.47 Å². The summed E-state index contributed by atoms with van der Waals surface area (Å²) in [5.74, 6) is -0.176. The van der Waals surface area contributed by atoms with Gasteiger partial charge in [-0.1, -0.05) is 34.5 Å². The second kappa shape index (κ2) is 9.20. The first-order chi connectivity index (χ1) is 17.4. The van der Waals surface area contributed by atoms with Crippen LogP contribution in [-0.4, -0.2) is 65.6 Å². The molecule has 0 saturated heterocycles. The zero-order valence-corrected chi connectivity index (χ0v) is 20.1. The maximum Gasteiger partial charge on any atom is 0.338 e. The fraction of sp³-hybridized carbons (Fsp3) is 0.364. The molecule has 14 nitrogen and oxygen atoms in total. The van der Waals surface area contributed by atoms with Crippen molar-refractivity contribution >= 4 is 23.8 Å². The SMILES string of the molecule is CCOC(=O)C1=C(C)Nc2nnnn2C1c1cccc(C2C(C(=O)OCC)=C(C)Nc3nnnn32)c1. The molecule has 0 spiro atoms. The third-order valence-corrected chi connectivity index (χ3v) is 5.96. The number of allylic oxidation sites excluding steroid dienone is 2. The van der Waals surface area contributed by atoms with Gasteiger partial charge >= 0.3 is 11.9 Å². The molecule has 2 atom stereocenters. The number of hydrogen-bond acceptors (Lipinski definition) is 12. The number of esters is 2. The Balaban J connectivity index is 1.65. The van der Waals surface area contributed by atoms with E-state index >= 15 is 0 Å². The highest BCUT2D eigenvalue weighted by Gasteiger charge is 2.38. The minimum atomic E-state index is -0.665. The van der Waals surface area contributed by atoms with Crippen LogP contribution in [0.15, 0.2) is 46.8 Å². The number of nitrogens with one attached hydrogen (secondary N) is 2. The number of anilines is 2. The van der Waals surface area contributed by atoms with Crippen LogP contribution in [0.4, 0.5) is 11.9 Å². The Labute approximate surface area is 205 Å². The highest BCUT2D eigenvalue weighted by molar-refractivity contribution is 5.93. The molecule has 2 aromatic heterocycles. The van der Waals surface area contributed by atoms with Gasteiger partial charge in [-0.05, 0) is 59.7 Å². The molecule has 0 bridgehead atoms. The molecular weight excluding hydrogens is 468 g/mol. The molecule has 4 heterocycles. The van der Waals surface area contributed by atoms with Crippen molar-refractivity contribution < 1.29 is 19.1 Å². The predicted molar refractivity (Wildman–Crippen MR) is 124 cm³/mol. The van der Waals surface area contributed by atoms with Crippen LogP contribution in [0.1, 0.15) is 50.9 Å². The molecule has 186 valence electrons. The van der Waals surface area contributed by atoms with Crippen molar-refractivity contribution in [3.63, 3.8) is 0 Å². The Kier molecular flexibility index (Phi) is 5.91. The molecule has 0 amide bonds. The maximum atomic E-state index is 13.0. The Hall–Kier alpha value is -4.62. The van der Waals surface area contributed by atoms with E-state index in [1.807, 2.05) is 24.3 Å². The van der Waals surface area contributed by atoms with Crippen LogP contribution in [0.5, 0.6) is 0 Å². The number of tetrazole rings is 2. The summed E-state index contributed by atoms with van der Waals surface area (Å²) in [7, 11) is 0. The number of hydrogen-bond donors (Lipinski definition) is 2. The molecule has 0 aliphatic carbocycles. The lowest BCUT2D eigenvalue weighted by Crippen LogP contribution is -2.31. The van der Waals surface area contributed by atoms with Crippen LogP contribution in [0.2, 0.25) is 0 Å². The molecule has 2 unspecified atom stereocenters. The largest absolute Gasteiger partial charge is 0.463 e. The second-order valence-corrected chi connectivity index (χ2v) is 8.14. The first kappa shape index (κ1) is 23.1. The number of carbonyl (C=O) groups is 2. The maximum absolute atomic E-state index is 13.0. The van der Waals surface area contributed by atoms with Gasteiger partial charge in [0.05, 0.1) is 24.4 Å².